The summed E-state index contributed by atoms with van der Waals surface area (Å²) >= 11 is 12.2. The van der Waals surface area contributed by atoms with Gasteiger partial charge < -0.3 is 20.3 Å². The van der Waals surface area contributed by atoms with Crippen molar-refractivity contribution in [2.45, 2.75) is 68.9 Å². The zero-order chi connectivity index (χ0) is 27.4. The lowest BCUT2D eigenvalue weighted by Crippen LogP contribution is -2.56. The predicted octanol–water partition coefficient (Wildman–Crippen LogP) is 5.12. The normalized spacial score (nSPS) is 31.4. The number of likely N-dealkylation sites (tertiary alicyclic amines) is 1. The number of fused-ring (bicyclic) bond motifs is 1. The smallest absolute Gasteiger partial charge is 0.246 e. The Hall–Kier alpha value is -2.87. The van der Waals surface area contributed by atoms with Gasteiger partial charge >= 0.3 is 0 Å². The first kappa shape index (κ1) is 26.4. The van der Waals surface area contributed by atoms with Gasteiger partial charge in [0.05, 0.1) is 27.5 Å². The minimum Gasteiger partial charge on any atom is -0.356 e. The molecule has 1 spiro atoms. The first-order chi connectivity index (χ1) is 18.7. The fourth-order valence-corrected chi connectivity index (χ4v) is 7.20. The Labute approximate surface area is 237 Å². The number of halogens is 2. The summed E-state index contributed by atoms with van der Waals surface area (Å²) in [6.45, 7) is 2.05. The molecule has 2 bridgehead atoms. The molecule has 6 rings (SSSR count). The Bertz CT molecular complexity index is 1340. The number of rotatable bonds is 6. The van der Waals surface area contributed by atoms with Crippen molar-refractivity contribution in [3.8, 4) is 0 Å². The van der Waals surface area contributed by atoms with Crippen LogP contribution in [-0.4, -0.2) is 45.9 Å². The zero-order valence-corrected chi connectivity index (χ0v) is 23.2. The third kappa shape index (κ3) is 4.45. The standard InChI is InChI=1S/C30H31Cl2N3O4/c1-29-14-15-30(39-29)24(23(29)26(36)34-20-12-13-21(31)22(32)16-20)28(38)35(17-18-8-4-2-5-9-18)25(30)27(37)33-19-10-6-3-7-11-19/h2,4-5,8-9,12-16,19,23-25H,3,6-7,10-11,17H2,1H3,(H,33,37)(H,34,36)/t23-,24+,25-,29+,30-/m0/s1. The van der Waals surface area contributed by atoms with E-state index in [-0.39, 0.29) is 30.3 Å². The van der Waals surface area contributed by atoms with Crippen LogP contribution in [0.15, 0.2) is 60.7 Å². The summed E-state index contributed by atoms with van der Waals surface area (Å²) in [5.74, 6) is -2.54. The van der Waals surface area contributed by atoms with E-state index in [0.29, 0.717) is 15.7 Å². The Kier molecular flexibility index (Phi) is 6.72. The van der Waals surface area contributed by atoms with Crippen LogP contribution in [0.4, 0.5) is 5.69 Å². The lowest BCUT2D eigenvalue weighted by Gasteiger charge is -2.34. The van der Waals surface area contributed by atoms with Gasteiger partial charge in [0.2, 0.25) is 17.7 Å². The van der Waals surface area contributed by atoms with Gasteiger partial charge in [-0.15, -0.1) is 0 Å². The van der Waals surface area contributed by atoms with Gasteiger partial charge in [-0.3, -0.25) is 14.4 Å². The van der Waals surface area contributed by atoms with Crippen LogP contribution in [-0.2, 0) is 25.7 Å². The maximum Gasteiger partial charge on any atom is 0.246 e. The van der Waals surface area contributed by atoms with Crippen LogP contribution in [0.25, 0.3) is 0 Å². The largest absolute Gasteiger partial charge is 0.356 e. The third-order valence-electron chi connectivity index (χ3n) is 8.66. The number of benzene rings is 2. The van der Waals surface area contributed by atoms with E-state index in [1.807, 2.05) is 42.5 Å². The number of ether oxygens (including phenoxy) is 1. The van der Waals surface area contributed by atoms with Crippen LogP contribution in [0.1, 0.15) is 44.6 Å². The van der Waals surface area contributed by atoms with Gasteiger partial charge in [0, 0.05) is 18.3 Å². The van der Waals surface area contributed by atoms with Crippen molar-refractivity contribution in [3.05, 3.63) is 76.3 Å². The highest BCUT2D eigenvalue weighted by atomic mass is 35.5. The minimum atomic E-state index is -1.24. The lowest BCUT2D eigenvalue weighted by molar-refractivity contribution is -0.145. The topological polar surface area (TPSA) is 87.7 Å². The van der Waals surface area contributed by atoms with Crippen LogP contribution >= 0.6 is 23.2 Å². The van der Waals surface area contributed by atoms with E-state index in [1.165, 1.54) is 6.42 Å². The monoisotopic (exact) mass is 567 g/mol. The Morgan fingerprint density at radius 3 is 2.46 bits per heavy atom. The number of amides is 3. The highest BCUT2D eigenvalue weighted by molar-refractivity contribution is 6.42. The summed E-state index contributed by atoms with van der Waals surface area (Å²) in [6.07, 6.45) is 8.83. The second kappa shape index (κ2) is 9.95. The van der Waals surface area contributed by atoms with Gasteiger partial charge in [0.15, 0.2) is 0 Å². The minimum absolute atomic E-state index is 0.0716. The molecule has 3 amide bonds. The van der Waals surface area contributed by atoms with Gasteiger partial charge in [0.25, 0.3) is 0 Å². The van der Waals surface area contributed by atoms with Crippen molar-refractivity contribution in [1.29, 1.82) is 0 Å². The SMILES string of the molecule is C[C@]12C=C[C@@]3(O1)[C@H](C(=O)NC1CCCCC1)N(Cc1ccccc1)C(=O)[C@H]3[C@H]2C(=O)Nc1ccc(Cl)c(Cl)c1. The van der Waals surface area contributed by atoms with E-state index in [9.17, 15) is 14.4 Å². The highest BCUT2D eigenvalue weighted by Crippen LogP contribution is 2.60. The Morgan fingerprint density at radius 2 is 1.74 bits per heavy atom. The van der Waals surface area contributed by atoms with Crippen molar-refractivity contribution in [1.82, 2.24) is 10.2 Å². The van der Waals surface area contributed by atoms with Crippen molar-refractivity contribution in [2.24, 2.45) is 11.8 Å². The molecule has 0 unspecified atom stereocenters. The summed E-state index contributed by atoms with van der Waals surface area (Å²) in [4.78, 5) is 43.6. The number of anilines is 1. The second-order valence-electron chi connectivity index (χ2n) is 11.2. The summed E-state index contributed by atoms with van der Waals surface area (Å²) < 4.78 is 6.60. The van der Waals surface area contributed by atoms with Gasteiger partial charge in [-0.25, -0.2) is 0 Å². The Morgan fingerprint density at radius 1 is 1.00 bits per heavy atom. The number of hydrogen-bond acceptors (Lipinski definition) is 4. The van der Waals surface area contributed by atoms with Gasteiger partial charge in [-0.1, -0.05) is 84.9 Å². The molecule has 5 atom stereocenters. The van der Waals surface area contributed by atoms with Crippen LogP contribution < -0.4 is 10.6 Å². The Balaban J connectivity index is 1.35. The molecular weight excluding hydrogens is 537 g/mol. The van der Waals surface area contributed by atoms with E-state index in [0.717, 1.165) is 31.2 Å². The molecule has 9 heteroatoms. The van der Waals surface area contributed by atoms with Crippen LogP contribution in [0, 0.1) is 11.8 Å². The molecule has 2 saturated heterocycles. The first-order valence-electron chi connectivity index (χ1n) is 13.5. The number of carbonyl (C=O) groups excluding carboxylic acids is 3. The molecule has 3 fully saturated rings. The van der Waals surface area contributed by atoms with E-state index >= 15 is 0 Å². The number of nitrogens with one attached hydrogen (secondary N) is 2. The number of carbonyl (C=O) groups is 3. The predicted molar refractivity (Wildman–Crippen MR) is 149 cm³/mol. The highest BCUT2D eigenvalue weighted by Gasteiger charge is 2.76. The fraction of sp³-hybridized carbons (Fsp3) is 0.433. The molecule has 0 radical (unpaired) electrons. The van der Waals surface area contributed by atoms with Crippen LogP contribution in [0.3, 0.4) is 0 Å². The van der Waals surface area contributed by atoms with E-state index in [2.05, 4.69) is 10.6 Å². The van der Waals surface area contributed by atoms with E-state index < -0.39 is 29.1 Å². The van der Waals surface area contributed by atoms with E-state index in [1.54, 1.807) is 30.0 Å². The first-order valence-corrected chi connectivity index (χ1v) is 14.3. The lowest BCUT2D eigenvalue weighted by atomic mass is 9.70. The maximum absolute atomic E-state index is 14.2. The van der Waals surface area contributed by atoms with E-state index in [4.69, 9.17) is 27.9 Å². The molecule has 0 aromatic heterocycles. The quantitative estimate of drug-likeness (QED) is 0.474. The molecule has 2 aromatic carbocycles. The molecule has 2 N–H and O–H groups in total. The molecule has 3 aliphatic heterocycles. The summed E-state index contributed by atoms with van der Waals surface area (Å²) in [5.41, 5.74) is -0.904. The fourth-order valence-electron chi connectivity index (χ4n) is 6.90. The van der Waals surface area contributed by atoms with Crippen molar-refractivity contribution >= 4 is 46.6 Å². The molecule has 1 saturated carbocycles. The van der Waals surface area contributed by atoms with Crippen molar-refractivity contribution in [2.75, 3.05) is 5.32 Å². The maximum atomic E-state index is 14.2. The average molecular weight is 569 g/mol. The molecule has 2 aromatic rings. The van der Waals surface area contributed by atoms with Crippen LogP contribution in [0.2, 0.25) is 10.0 Å². The number of nitrogens with zero attached hydrogens (tertiary/aromatic N) is 1. The second-order valence-corrected chi connectivity index (χ2v) is 12.1. The van der Waals surface area contributed by atoms with Crippen molar-refractivity contribution in [3.63, 3.8) is 0 Å². The summed E-state index contributed by atoms with van der Waals surface area (Å²) in [6, 6.07) is 13.6. The summed E-state index contributed by atoms with van der Waals surface area (Å²) in [7, 11) is 0. The third-order valence-corrected chi connectivity index (χ3v) is 9.40. The molecule has 7 nitrogen and oxygen atoms in total. The molecule has 39 heavy (non-hydrogen) atoms. The number of hydrogen-bond donors (Lipinski definition) is 2. The van der Waals surface area contributed by atoms with Gasteiger partial charge in [-0.2, -0.15) is 0 Å². The molecule has 4 aliphatic rings. The summed E-state index contributed by atoms with van der Waals surface area (Å²) in [5, 5.41) is 6.81. The molecule has 204 valence electrons. The molecule has 3 heterocycles. The molecule has 1 aliphatic carbocycles. The van der Waals surface area contributed by atoms with Gasteiger partial charge in [0.1, 0.15) is 11.6 Å². The average Bonchev–Trinajstić information content (AvgIpc) is 3.48. The zero-order valence-electron chi connectivity index (χ0n) is 21.7. The van der Waals surface area contributed by atoms with Gasteiger partial charge in [-0.05, 0) is 43.5 Å². The molecular formula is C30H31Cl2N3O4. The van der Waals surface area contributed by atoms with Crippen LogP contribution in [0.5, 0.6) is 0 Å². The van der Waals surface area contributed by atoms with Crippen molar-refractivity contribution < 1.29 is 19.1 Å².